The quantitative estimate of drug-likeness (QED) is 0.0478. The Balaban J connectivity index is 0.0000101. The van der Waals surface area contributed by atoms with E-state index in [-0.39, 0.29) is 19.4 Å². The lowest BCUT2D eigenvalue weighted by molar-refractivity contribution is -0.141. The molecule has 0 aliphatic carbocycles. The third kappa shape index (κ3) is 34.5. The molecular weight excluding hydrogens is 735 g/mol. The van der Waals surface area contributed by atoms with Crippen molar-refractivity contribution in [2.75, 3.05) is 14.2 Å². The Kier molecular flexibility index (Phi) is 39.3. The predicted octanol–water partition coefficient (Wildman–Crippen LogP) is 16.4. The second-order valence-electron chi connectivity index (χ2n) is 15.9. The average molecular weight is 825 g/mol. The number of unbranched alkanes of at least 4 members (excludes halogenated alkanes) is 28. The number of hydrogen-bond donors (Lipinski definition) is 0. The van der Waals surface area contributed by atoms with Crippen molar-refractivity contribution in [1.82, 2.24) is 0 Å². The van der Waals surface area contributed by atoms with Crippen molar-refractivity contribution < 1.29 is 37.2 Å². The zero-order valence-electron chi connectivity index (χ0n) is 38.0. The number of carbonyl (C=O) groups excluding carboxylic acids is 2. The summed E-state index contributed by atoms with van der Waals surface area (Å²) in [6.45, 7) is 8.57. The van der Waals surface area contributed by atoms with E-state index in [1.54, 1.807) is 25.3 Å². The van der Waals surface area contributed by atoms with Gasteiger partial charge in [0.15, 0.2) is 11.5 Å². The van der Waals surface area contributed by atoms with Gasteiger partial charge < -0.3 is 18.5 Å². The molecule has 1 aromatic carbocycles. The lowest BCUT2D eigenvalue weighted by atomic mass is 10.0. The molecule has 0 saturated carbocycles. The van der Waals surface area contributed by atoms with Crippen LogP contribution in [0.15, 0.2) is 18.2 Å². The van der Waals surface area contributed by atoms with Gasteiger partial charge in [-0.3, -0.25) is 14.1 Å². The van der Waals surface area contributed by atoms with Crippen molar-refractivity contribution in [1.29, 1.82) is 0 Å². The Bertz CT molecular complexity index is 1060. The Morgan fingerprint density at radius 3 is 1.05 bits per heavy atom. The third-order valence-corrected chi connectivity index (χ3v) is 11.5. The number of phosphoric acid groups is 1. The summed E-state index contributed by atoms with van der Waals surface area (Å²) < 4.78 is 40.4. The normalized spacial score (nSPS) is 11.2. The standard InChI is InChI=1S/C45H81O8P.C3H8/c1-5-7-9-11-13-15-17-19-21-23-25-27-29-31-33-35-44(46)52-54(48,51-40-41-37-38-42(49-3)43(39-41)50-4)53-45(47)36-34-32-30-28-26-24-22-20-18-16-14-12-10-8-6-2;1-3-2/h37-39H,5-36,40H2,1-4H3;3H2,1-2H3. The van der Waals surface area contributed by atoms with Crippen LogP contribution in [-0.4, -0.2) is 26.2 Å². The fourth-order valence-corrected chi connectivity index (χ4v) is 7.95. The number of rotatable bonds is 39. The Labute approximate surface area is 351 Å². The predicted molar refractivity (Wildman–Crippen MR) is 239 cm³/mol. The molecular formula is C48H89O8P. The maximum atomic E-state index is 13.6. The number of phosphoric ester groups is 1. The largest absolute Gasteiger partial charge is 0.592 e. The number of hydrogen-bond acceptors (Lipinski definition) is 8. The van der Waals surface area contributed by atoms with Crippen LogP contribution in [0.25, 0.3) is 0 Å². The molecule has 1 aromatic rings. The van der Waals surface area contributed by atoms with E-state index in [4.69, 9.17) is 23.0 Å². The van der Waals surface area contributed by atoms with Gasteiger partial charge >= 0.3 is 19.8 Å². The minimum absolute atomic E-state index is 0.0958. The van der Waals surface area contributed by atoms with Crippen molar-refractivity contribution in [2.45, 2.75) is 246 Å². The third-order valence-electron chi connectivity index (χ3n) is 10.2. The van der Waals surface area contributed by atoms with Crippen LogP contribution in [0.2, 0.25) is 0 Å². The fraction of sp³-hybridized carbons (Fsp3) is 0.833. The van der Waals surface area contributed by atoms with Gasteiger partial charge in [-0.25, -0.2) is 4.57 Å². The molecule has 0 unspecified atom stereocenters. The molecule has 0 fully saturated rings. The highest BCUT2D eigenvalue weighted by Gasteiger charge is 2.35. The minimum atomic E-state index is -4.49. The highest BCUT2D eigenvalue weighted by Crippen LogP contribution is 2.51. The second-order valence-corrected chi connectivity index (χ2v) is 17.5. The maximum absolute atomic E-state index is 13.6. The Morgan fingerprint density at radius 2 is 0.754 bits per heavy atom. The Morgan fingerprint density at radius 1 is 0.456 bits per heavy atom. The summed E-state index contributed by atoms with van der Waals surface area (Å²) in [5.74, 6) is -0.349. The first-order valence-corrected chi connectivity index (χ1v) is 25.1. The molecule has 0 aliphatic heterocycles. The molecule has 8 nitrogen and oxygen atoms in total. The molecule has 0 heterocycles. The molecule has 334 valence electrons. The van der Waals surface area contributed by atoms with E-state index in [9.17, 15) is 14.2 Å². The van der Waals surface area contributed by atoms with E-state index in [1.807, 2.05) is 0 Å². The van der Waals surface area contributed by atoms with Crippen LogP contribution in [0.3, 0.4) is 0 Å². The molecule has 0 atom stereocenters. The van der Waals surface area contributed by atoms with Crippen LogP contribution >= 0.6 is 7.82 Å². The van der Waals surface area contributed by atoms with Crippen molar-refractivity contribution in [3.05, 3.63) is 23.8 Å². The van der Waals surface area contributed by atoms with Gasteiger partial charge in [0.1, 0.15) is 0 Å². The van der Waals surface area contributed by atoms with Crippen LogP contribution in [0.1, 0.15) is 245 Å². The van der Waals surface area contributed by atoms with Gasteiger partial charge in [0, 0.05) is 12.8 Å². The number of carbonyl (C=O) groups is 2. The van der Waals surface area contributed by atoms with Crippen LogP contribution < -0.4 is 9.47 Å². The van der Waals surface area contributed by atoms with Gasteiger partial charge in [0.05, 0.1) is 20.8 Å². The van der Waals surface area contributed by atoms with Gasteiger partial charge in [-0.2, -0.15) is 0 Å². The topological polar surface area (TPSA) is 97.4 Å². The van der Waals surface area contributed by atoms with Gasteiger partial charge in [0.25, 0.3) is 0 Å². The zero-order chi connectivity index (χ0) is 42.1. The average Bonchev–Trinajstić information content (AvgIpc) is 3.20. The zero-order valence-corrected chi connectivity index (χ0v) is 38.9. The SMILES string of the molecule is CCC.CCCCCCCCCCCCCCCCCC(=O)OP(=O)(OCc1ccc(OC)c(OC)c1)OC(=O)CCCCCCCCCCCCCCCCC. The highest BCUT2D eigenvalue weighted by molar-refractivity contribution is 7.49. The molecule has 57 heavy (non-hydrogen) atoms. The van der Waals surface area contributed by atoms with E-state index >= 15 is 0 Å². The monoisotopic (exact) mass is 825 g/mol. The first-order valence-electron chi connectivity index (χ1n) is 23.7. The maximum Gasteiger partial charge on any atom is 0.592 e. The smallest absolute Gasteiger partial charge is 0.493 e. The van der Waals surface area contributed by atoms with Crippen LogP contribution in [-0.2, 0) is 34.3 Å². The van der Waals surface area contributed by atoms with Gasteiger partial charge in [-0.1, -0.05) is 220 Å². The van der Waals surface area contributed by atoms with Crippen LogP contribution in [0.4, 0.5) is 0 Å². The van der Waals surface area contributed by atoms with Crippen molar-refractivity contribution >= 4 is 19.8 Å². The van der Waals surface area contributed by atoms with Gasteiger partial charge in [0.2, 0.25) is 0 Å². The van der Waals surface area contributed by atoms with Crippen molar-refractivity contribution in [2.24, 2.45) is 0 Å². The van der Waals surface area contributed by atoms with E-state index < -0.39 is 19.8 Å². The first-order chi connectivity index (χ1) is 27.8. The summed E-state index contributed by atoms with van der Waals surface area (Å²) in [4.78, 5) is 25.5. The van der Waals surface area contributed by atoms with E-state index in [0.717, 1.165) is 38.5 Å². The molecule has 0 saturated heterocycles. The van der Waals surface area contributed by atoms with Crippen molar-refractivity contribution in [3.8, 4) is 11.5 Å². The molecule has 0 radical (unpaired) electrons. The Hall–Kier alpha value is -2.05. The van der Waals surface area contributed by atoms with E-state index in [1.165, 1.54) is 155 Å². The summed E-state index contributed by atoms with van der Waals surface area (Å²) in [6, 6.07) is 5.10. The number of benzene rings is 1. The molecule has 0 aromatic heterocycles. The minimum Gasteiger partial charge on any atom is -0.493 e. The summed E-state index contributed by atoms with van der Waals surface area (Å²) >= 11 is 0. The summed E-state index contributed by atoms with van der Waals surface area (Å²) in [6.07, 6.45) is 38.2. The van der Waals surface area contributed by atoms with Crippen LogP contribution in [0, 0.1) is 0 Å². The summed E-state index contributed by atoms with van der Waals surface area (Å²) in [7, 11) is -1.43. The second kappa shape index (κ2) is 40.7. The number of methoxy groups -OCH3 is 2. The van der Waals surface area contributed by atoms with Gasteiger partial charge in [-0.05, 0) is 30.5 Å². The molecule has 0 bridgehead atoms. The van der Waals surface area contributed by atoms with E-state index in [0.29, 0.717) is 29.9 Å². The van der Waals surface area contributed by atoms with Crippen LogP contribution in [0.5, 0.6) is 11.5 Å². The van der Waals surface area contributed by atoms with Gasteiger partial charge in [-0.15, -0.1) is 0 Å². The summed E-state index contributed by atoms with van der Waals surface area (Å²) in [5.41, 5.74) is 0.602. The lowest BCUT2D eigenvalue weighted by Crippen LogP contribution is -2.11. The van der Waals surface area contributed by atoms with Crippen molar-refractivity contribution in [3.63, 3.8) is 0 Å². The molecule has 9 heteroatoms. The molecule has 0 aliphatic rings. The van der Waals surface area contributed by atoms with E-state index in [2.05, 4.69) is 27.7 Å². The summed E-state index contributed by atoms with van der Waals surface area (Å²) in [5, 5.41) is 0. The molecule has 0 N–H and O–H groups in total. The molecule has 0 amide bonds. The number of ether oxygens (including phenoxy) is 2. The first kappa shape index (κ1) is 55.0. The molecule has 1 rings (SSSR count). The fourth-order valence-electron chi connectivity index (χ4n) is 6.82. The highest BCUT2D eigenvalue weighted by atomic mass is 31.2. The lowest BCUT2D eigenvalue weighted by Gasteiger charge is -2.17. The molecule has 0 spiro atoms.